The highest BCUT2D eigenvalue weighted by Crippen LogP contribution is 2.29. The molecular formula is C10H10F2N2. The normalized spacial score (nSPS) is 12.3. The van der Waals surface area contributed by atoms with Crippen molar-refractivity contribution < 1.29 is 8.78 Å². The van der Waals surface area contributed by atoms with E-state index in [0.29, 0.717) is 0 Å². The van der Waals surface area contributed by atoms with Crippen LogP contribution in [0.25, 0.3) is 10.9 Å². The van der Waals surface area contributed by atoms with Crippen LogP contribution >= 0.6 is 0 Å². The van der Waals surface area contributed by atoms with Crippen LogP contribution in [0, 0.1) is 0 Å². The fourth-order valence-electron chi connectivity index (χ4n) is 1.44. The molecule has 0 amide bonds. The first-order valence-corrected chi connectivity index (χ1v) is 4.28. The molecule has 0 unspecified atom stereocenters. The highest BCUT2D eigenvalue weighted by Gasteiger charge is 2.24. The van der Waals surface area contributed by atoms with Gasteiger partial charge in [0.15, 0.2) is 0 Å². The van der Waals surface area contributed by atoms with Gasteiger partial charge in [0, 0.05) is 24.9 Å². The molecule has 2 aromatic rings. The molecule has 0 radical (unpaired) electrons. The van der Waals surface area contributed by atoms with Crippen molar-refractivity contribution >= 4 is 10.9 Å². The van der Waals surface area contributed by atoms with Gasteiger partial charge in [-0.1, -0.05) is 6.07 Å². The van der Waals surface area contributed by atoms with E-state index < -0.39 is 5.92 Å². The fraction of sp³-hybridized carbons (Fsp3) is 0.300. The SMILES string of the molecule is Cn1ncc2cc(C(C)(F)F)ccc21. The molecule has 1 aromatic carbocycles. The summed E-state index contributed by atoms with van der Waals surface area (Å²) in [4.78, 5) is 0. The Kier molecular flexibility index (Phi) is 1.80. The third-order valence-corrected chi connectivity index (χ3v) is 2.25. The van der Waals surface area contributed by atoms with Crippen molar-refractivity contribution in [2.75, 3.05) is 0 Å². The third kappa shape index (κ3) is 1.36. The Balaban J connectivity index is 2.63. The van der Waals surface area contributed by atoms with Gasteiger partial charge in [-0.2, -0.15) is 5.10 Å². The second-order valence-corrected chi connectivity index (χ2v) is 3.43. The van der Waals surface area contributed by atoms with E-state index in [9.17, 15) is 8.78 Å². The van der Waals surface area contributed by atoms with E-state index in [2.05, 4.69) is 5.10 Å². The fourth-order valence-corrected chi connectivity index (χ4v) is 1.44. The van der Waals surface area contributed by atoms with E-state index in [1.54, 1.807) is 24.0 Å². The number of halogens is 2. The van der Waals surface area contributed by atoms with Crippen LogP contribution in [0.3, 0.4) is 0 Å². The van der Waals surface area contributed by atoms with Crippen molar-refractivity contribution in [3.8, 4) is 0 Å². The van der Waals surface area contributed by atoms with Gasteiger partial charge < -0.3 is 0 Å². The van der Waals surface area contributed by atoms with Gasteiger partial charge in [-0.25, -0.2) is 8.78 Å². The van der Waals surface area contributed by atoms with Gasteiger partial charge in [0.2, 0.25) is 0 Å². The minimum absolute atomic E-state index is 0.0259. The van der Waals surface area contributed by atoms with E-state index in [1.165, 1.54) is 12.1 Å². The molecule has 0 N–H and O–H groups in total. The summed E-state index contributed by atoms with van der Waals surface area (Å²) in [5.41, 5.74) is 0.885. The largest absolute Gasteiger partial charge is 0.270 e. The quantitative estimate of drug-likeness (QED) is 0.685. The maximum absolute atomic E-state index is 13.0. The molecule has 1 heterocycles. The van der Waals surface area contributed by atoms with Crippen molar-refractivity contribution in [3.05, 3.63) is 30.0 Å². The molecule has 74 valence electrons. The monoisotopic (exact) mass is 196 g/mol. The standard InChI is InChI=1S/C10H10F2N2/c1-10(11,12)8-3-4-9-7(5-8)6-13-14(9)2/h3-6H,1-2H3. The summed E-state index contributed by atoms with van der Waals surface area (Å²) in [5, 5.41) is 4.73. The molecule has 4 heteroatoms. The van der Waals surface area contributed by atoms with Crippen LogP contribution in [0.4, 0.5) is 8.78 Å². The summed E-state index contributed by atoms with van der Waals surface area (Å²) in [6.45, 7) is 0.893. The van der Waals surface area contributed by atoms with Gasteiger partial charge in [0.25, 0.3) is 5.92 Å². The molecule has 0 spiro atoms. The van der Waals surface area contributed by atoms with E-state index in [4.69, 9.17) is 0 Å². The minimum atomic E-state index is -2.79. The number of aromatic nitrogens is 2. The van der Waals surface area contributed by atoms with E-state index in [0.717, 1.165) is 17.8 Å². The molecule has 0 saturated carbocycles. The van der Waals surface area contributed by atoms with Gasteiger partial charge in [-0.3, -0.25) is 4.68 Å². The van der Waals surface area contributed by atoms with Crippen LogP contribution in [0.1, 0.15) is 12.5 Å². The number of hydrogen-bond donors (Lipinski definition) is 0. The summed E-state index contributed by atoms with van der Waals surface area (Å²) in [7, 11) is 1.78. The Morgan fingerprint density at radius 2 is 2.07 bits per heavy atom. The molecule has 1 aromatic heterocycles. The van der Waals surface area contributed by atoms with Gasteiger partial charge in [0.05, 0.1) is 11.7 Å². The highest BCUT2D eigenvalue weighted by molar-refractivity contribution is 5.79. The maximum atomic E-state index is 13.0. The minimum Gasteiger partial charge on any atom is -0.268 e. The first-order valence-electron chi connectivity index (χ1n) is 4.28. The van der Waals surface area contributed by atoms with Crippen LogP contribution in [0.15, 0.2) is 24.4 Å². The van der Waals surface area contributed by atoms with Crippen molar-refractivity contribution in [2.45, 2.75) is 12.8 Å². The van der Waals surface area contributed by atoms with Gasteiger partial charge >= 0.3 is 0 Å². The summed E-state index contributed by atoms with van der Waals surface area (Å²) < 4.78 is 27.6. The second kappa shape index (κ2) is 2.77. The lowest BCUT2D eigenvalue weighted by molar-refractivity contribution is 0.0176. The lowest BCUT2D eigenvalue weighted by atomic mass is 10.1. The zero-order valence-electron chi connectivity index (χ0n) is 7.96. The van der Waals surface area contributed by atoms with Gasteiger partial charge in [-0.05, 0) is 12.1 Å². The topological polar surface area (TPSA) is 17.8 Å². The summed E-state index contributed by atoms with van der Waals surface area (Å²) in [5.74, 6) is -2.79. The molecule has 0 bridgehead atoms. The predicted octanol–water partition coefficient (Wildman–Crippen LogP) is 2.69. The molecular weight excluding hydrogens is 186 g/mol. The van der Waals surface area contributed by atoms with Crippen LogP contribution in [-0.2, 0) is 13.0 Å². The first kappa shape index (κ1) is 9.12. The van der Waals surface area contributed by atoms with Crippen molar-refractivity contribution in [1.29, 1.82) is 0 Å². The average molecular weight is 196 g/mol. The lowest BCUT2D eigenvalue weighted by Crippen LogP contribution is -2.06. The Morgan fingerprint density at radius 1 is 1.36 bits per heavy atom. The lowest BCUT2D eigenvalue weighted by Gasteiger charge is -2.09. The average Bonchev–Trinajstić information content (AvgIpc) is 2.46. The van der Waals surface area contributed by atoms with Crippen molar-refractivity contribution in [2.24, 2.45) is 7.05 Å². The summed E-state index contributed by atoms with van der Waals surface area (Å²) >= 11 is 0. The molecule has 2 nitrogen and oxygen atoms in total. The molecule has 0 atom stereocenters. The van der Waals surface area contributed by atoms with Crippen LogP contribution in [0.2, 0.25) is 0 Å². The smallest absolute Gasteiger partial charge is 0.268 e. The van der Waals surface area contributed by atoms with E-state index in [-0.39, 0.29) is 5.56 Å². The zero-order chi connectivity index (χ0) is 10.3. The van der Waals surface area contributed by atoms with Gasteiger partial charge in [-0.15, -0.1) is 0 Å². The third-order valence-electron chi connectivity index (χ3n) is 2.25. The van der Waals surface area contributed by atoms with Crippen LogP contribution in [0.5, 0.6) is 0 Å². The summed E-state index contributed by atoms with van der Waals surface area (Å²) in [6, 6.07) is 4.57. The molecule has 0 aliphatic heterocycles. The van der Waals surface area contributed by atoms with Crippen molar-refractivity contribution in [3.63, 3.8) is 0 Å². The number of benzene rings is 1. The number of fused-ring (bicyclic) bond motifs is 1. The van der Waals surface area contributed by atoms with E-state index in [1.807, 2.05) is 0 Å². The number of alkyl halides is 2. The number of aryl methyl sites for hydroxylation is 1. The van der Waals surface area contributed by atoms with Crippen LogP contribution in [-0.4, -0.2) is 9.78 Å². The highest BCUT2D eigenvalue weighted by atomic mass is 19.3. The number of rotatable bonds is 1. The Labute approximate surface area is 80.1 Å². The zero-order valence-corrected chi connectivity index (χ0v) is 7.96. The Morgan fingerprint density at radius 3 is 2.71 bits per heavy atom. The Bertz CT molecular complexity index is 468. The molecule has 0 aliphatic rings. The molecule has 0 fully saturated rings. The summed E-state index contributed by atoms with van der Waals surface area (Å²) in [6.07, 6.45) is 1.59. The van der Waals surface area contributed by atoms with Crippen molar-refractivity contribution in [1.82, 2.24) is 9.78 Å². The number of hydrogen-bond acceptors (Lipinski definition) is 1. The first-order chi connectivity index (χ1) is 6.48. The maximum Gasteiger partial charge on any atom is 0.270 e. The molecule has 14 heavy (non-hydrogen) atoms. The second-order valence-electron chi connectivity index (χ2n) is 3.43. The van der Waals surface area contributed by atoms with Gasteiger partial charge in [0.1, 0.15) is 0 Å². The van der Waals surface area contributed by atoms with E-state index >= 15 is 0 Å². The predicted molar refractivity (Wildman–Crippen MR) is 50.3 cm³/mol. The molecule has 2 rings (SSSR count). The molecule has 0 aliphatic carbocycles. The molecule has 0 saturated heterocycles. The number of nitrogens with zero attached hydrogens (tertiary/aromatic N) is 2. The Hall–Kier alpha value is -1.45. The van der Waals surface area contributed by atoms with Crippen LogP contribution < -0.4 is 0 Å².